The SMILES string of the molecule is CSC1(C(C)(C)C2=[C-]CC=C2)CC=C(C)C=C1C(C)(C)C.CSC1(C(C)(C)C2=[C-]CC=C2)CC=C(C)C=C1C(C)(C)C.[Cl-].[Cl-].[Ti+2].[Ti+2]. The van der Waals surface area contributed by atoms with Crippen molar-refractivity contribution in [2.24, 2.45) is 21.7 Å². The van der Waals surface area contributed by atoms with E-state index in [1.54, 1.807) is 11.1 Å². The topological polar surface area (TPSA) is 0 Å². The summed E-state index contributed by atoms with van der Waals surface area (Å²) in [7, 11) is 0. The summed E-state index contributed by atoms with van der Waals surface area (Å²) in [6.45, 7) is 28.1. The van der Waals surface area contributed by atoms with Crippen molar-refractivity contribution in [3.05, 3.63) is 94.2 Å². The Hall–Kier alpha value is 0.629. The molecule has 6 heteroatoms. The van der Waals surface area contributed by atoms with Crippen molar-refractivity contribution in [1.29, 1.82) is 0 Å². The van der Waals surface area contributed by atoms with E-state index >= 15 is 0 Å². The van der Waals surface area contributed by atoms with Gasteiger partial charge in [0, 0.05) is 9.49 Å². The van der Waals surface area contributed by atoms with Gasteiger partial charge >= 0.3 is 43.4 Å². The summed E-state index contributed by atoms with van der Waals surface area (Å²) >= 11 is 4.03. The molecule has 0 amide bonds. The zero-order valence-electron chi connectivity index (χ0n) is 31.0. The Morgan fingerprint density at radius 2 is 0.891 bits per heavy atom. The maximum absolute atomic E-state index is 3.58. The molecule has 2 atom stereocenters. The van der Waals surface area contributed by atoms with Gasteiger partial charge in [-0.05, 0) is 72.0 Å². The second-order valence-corrected chi connectivity index (χ2v) is 17.8. The molecule has 4 aliphatic rings. The molecule has 0 N–H and O–H groups in total. The molecule has 0 saturated carbocycles. The number of halogens is 2. The molecule has 0 heterocycles. The number of allylic oxidation sites excluding steroid dienone is 14. The third kappa shape index (κ3) is 9.49. The molecule has 0 radical (unpaired) electrons. The second kappa shape index (κ2) is 18.2. The smallest absolute Gasteiger partial charge is 1.00 e. The molecular weight excluding hydrogens is 711 g/mol. The summed E-state index contributed by atoms with van der Waals surface area (Å²) in [5.74, 6) is 0. The summed E-state index contributed by atoms with van der Waals surface area (Å²) in [4.78, 5) is 0. The molecule has 252 valence electrons. The predicted octanol–water partition coefficient (Wildman–Crippen LogP) is 6.26. The van der Waals surface area contributed by atoms with Crippen molar-refractivity contribution in [2.45, 2.75) is 118 Å². The quantitative estimate of drug-likeness (QED) is 0.232. The minimum absolute atomic E-state index is 0. The van der Waals surface area contributed by atoms with Gasteiger partial charge in [0.2, 0.25) is 0 Å². The number of rotatable bonds is 6. The monoisotopic (exact) mass is 768 g/mol. The number of hydrogen-bond donors (Lipinski definition) is 0. The second-order valence-electron chi connectivity index (χ2n) is 15.6. The van der Waals surface area contributed by atoms with Gasteiger partial charge in [-0.25, -0.2) is 23.3 Å². The largest absolute Gasteiger partial charge is 2.00 e. The van der Waals surface area contributed by atoms with Gasteiger partial charge in [0.25, 0.3) is 0 Å². The van der Waals surface area contributed by atoms with Gasteiger partial charge < -0.3 is 24.8 Å². The van der Waals surface area contributed by atoms with E-state index in [9.17, 15) is 0 Å². The molecule has 0 spiro atoms. The van der Waals surface area contributed by atoms with Crippen LogP contribution in [0.5, 0.6) is 0 Å². The van der Waals surface area contributed by atoms with E-state index in [0.29, 0.717) is 0 Å². The van der Waals surface area contributed by atoms with E-state index < -0.39 is 0 Å². The Kier molecular flexibility index (Phi) is 19.3. The van der Waals surface area contributed by atoms with Gasteiger partial charge in [0.05, 0.1) is 0 Å². The van der Waals surface area contributed by atoms with Gasteiger partial charge in [-0.1, -0.05) is 105 Å². The summed E-state index contributed by atoms with van der Waals surface area (Å²) in [6, 6.07) is 0. The van der Waals surface area contributed by atoms with Crippen LogP contribution in [-0.2, 0) is 43.4 Å². The minimum Gasteiger partial charge on any atom is -1.00 e. The maximum Gasteiger partial charge on any atom is 2.00 e. The summed E-state index contributed by atoms with van der Waals surface area (Å²) in [5, 5.41) is 0. The van der Waals surface area contributed by atoms with Gasteiger partial charge in [0.15, 0.2) is 0 Å². The van der Waals surface area contributed by atoms with Crippen molar-refractivity contribution in [2.75, 3.05) is 12.5 Å². The van der Waals surface area contributed by atoms with Crippen LogP contribution in [0.1, 0.15) is 109 Å². The van der Waals surface area contributed by atoms with Crippen LogP contribution in [0.25, 0.3) is 0 Å². The van der Waals surface area contributed by atoms with Crippen LogP contribution in [0.4, 0.5) is 0 Å². The van der Waals surface area contributed by atoms with Crippen LogP contribution < -0.4 is 24.8 Å². The first-order valence-corrected chi connectivity index (χ1v) is 18.2. The molecule has 0 aliphatic heterocycles. The first-order valence-electron chi connectivity index (χ1n) is 15.7. The molecule has 0 aromatic rings. The summed E-state index contributed by atoms with van der Waals surface area (Å²) < 4.78 is 0.226. The van der Waals surface area contributed by atoms with Crippen LogP contribution in [0.3, 0.4) is 0 Å². The van der Waals surface area contributed by atoms with Gasteiger partial charge in [-0.3, -0.25) is 12.2 Å². The Morgan fingerprint density at radius 1 is 0.587 bits per heavy atom. The fraction of sp³-hybridized carbons (Fsp3) is 0.600. The Morgan fingerprint density at radius 3 is 1.11 bits per heavy atom. The van der Waals surface area contributed by atoms with Crippen LogP contribution in [0.2, 0.25) is 0 Å². The van der Waals surface area contributed by atoms with Crippen molar-refractivity contribution in [1.82, 2.24) is 0 Å². The van der Waals surface area contributed by atoms with Gasteiger partial charge in [-0.15, -0.1) is 12.8 Å². The van der Waals surface area contributed by atoms with Crippen molar-refractivity contribution < 1.29 is 68.2 Å². The van der Waals surface area contributed by atoms with Crippen LogP contribution in [-0.4, -0.2) is 22.0 Å². The van der Waals surface area contributed by atoms with Crippen molar-refractivity contribution in [3.8, 4) is 0 Å². The molecule has 46 heavy (non-hydrogen) atoms. The van der Waals surface area contributed by atoms with E-state index in [1.165, 1.54) is 22.3 Å². The first-order chi connectivity index (χ1) is 19.3. The molecule has 0 nitrogen and oxygen atoms in total. The molecule has 0 saturated heterocycles. The fourth-order valence-electron chi connectivity index (χ4n) is 7.46. The summed E-state index contributed by atoms with van der Waals surface area (Å²) in [6.07, 6.45) is 34.6. The zero-order valence-corrected chi connectivity index (χ0v) is 37.3. The standard InChI is InChI=1S/2C20H29S.2ClH.2Ti/c2*1-15-12-13-20(21-7,17(14-15)18(2,3)4)19(5,6)16-10-8-9-11-16;;;;/h2*8,10,12,14H,9,13H2,1-7H3;2*1H;;/q2*-1;;;2*+2/p-2. The summed E-state index contributed by atoms with van der Waals surface area (Å²) in [5.41, 5.74) is 9.22. The number of hydrogen-bond acceptors (Lipinski definition) is 2. The fourth-order valence-corrected chi connectivity index (χ4v) is 10.4. The molecule has 0 aromatic carbocycles. The molecule has 0 bridgehead atoms. The average molecular weight is 770 g/mol. The molecule has 2 unspecified atom stereocenters. The average Bonchev–Trinajstić information content (AvgIpc) is 3.64. The molecule has 0 fully saturated rings. The van der Waals surface area contributed by atoms with E-state index in [2.05, 4.69) is 156 Å². The van der Waals surface area contributed by atoms with E-state index in [4.69, 9.17) is 0 Å². The minimum atomic E-state index is 0. The Bertz CT molecular complexity index is 1190. The molecule has 4 rings (SSSR count). The predicted molar refractivity (Wildman–Crippen MR) is 193 cm³/mol. The zero-order chi connectivity index (χ0) is 31.8. The van der Waals surface area contributed by atoms with E-state index in [-0.39, 0.29) is 99.4 Å². The molecule has 0 aromatic heterocycles. The molecular formula is C40H58Cl2S2Ti2. The Balaban J connectivity index is 0. The van der Waals surface area contributed by atoms with Crippen LogP contribution in [0, 0.1) is 33.8 Å². The van der Waals surface area contributed by atoms with Gasteiger partial charge in [-0.2, -0.15) is 35.7 Å². The van der Waals surface area contributed by atoms with Crippen molar-refractivity contribution in [3.63, 3.8) is 0 Å². The number of thioether (sulfide) groups is 2. The third-order valence-electron chi connectivity index (χ3n) is 10.1. The third-order valence-corrected chi connectivity index (χ3v) is 13.3. The first kappa shape index (κ1) is 48.7. The normalized spacial score (nSPS) is 24.2. The van der Waals surface area contributed by atoms with Crippen molar-refractivity contribution >= 4 is 23.5 Å². The van der Waals surface area contributed by atoms with Crippen LogP contribution >= 0.6 is 23.5 Å². The van der Waals surface area contributed by atoms with Crippen LogP contribution in [0.15, 0.2) is 82.0 Å². The van der Waals surface area contributed by atoms with Gasteiger partial charge in [0.1, 0.15) is 0 Å². The molecule has 4 aliphatic carbocycles. The van der Waals surface area contributed by atoms with E-state index in [1.807, 2.05) is 23.5 Å². The maximum atomic E-state index is 3.58. The Labute approximate surface area is 335 Å². The van der Waals surface area contributed by atoms with E-state index in [0.717, 1.165) is 25.7 Å².